The number of piperidine rings is 1. The molecule has 19 heavy (non-hydrogen) atoms. The molecule has 0 spiro atoms. The van der Waals surface area contributed by atoms with Gasteiger partial charge >= 0.3 is 5.97 Å². The molecule has 3 heteroatoms. The minimum atomic E-state index is -0.710. The van der Waals surface area contributed by atoms with Crippen LogP contribution in [0.2, 0.25) is 0 Å². The number of benzene rings is 1. The zero-order valence-corrected chi connectivity index (χ0v) is 11.2. The fraction of sp³-hybridized carbons (Fsp3) is 0.562. The zero-order chi connectivity index (χ0) is 13.2. The molecule has 0 bridgehead atoms. The second-order valence-electron chi connectivity index (χ2n) is 5.85. The zero-order valence-electron chi connectivity index (χ0n) is 11.2. The Labute approximate surface area is 114 Å². The van der Waals surface area contributed by atoms with E-state index in [1.54, 1.807) is 0 Å². The third-order valence-electron chi connectivity index (χ3n) is 4.43. The van der Waals surface area contributed by atoms with E-state index < -0.39 is 5.97 Å². The highest BCUT2D eigenvalue weighted by Crippen LogP contribution is 2.24. The maximum atomic E-state index is 11.0. The number of aliphatic carboxylic acids is 1. The normalized spacial score (nSPS) is 26.1. The van der Waals surface area contributed by atoms with E-state index in [9.17, 15) is 4.79 Å². The van der Waals surface area contributed by atoms with Crippen molar-refractivity contribution in [1.29, 1.82) is 0 Å². The van der Waals surface area contributed by atoms with Gasteiger partial charge in [0.15, 0.2) is 0 Å². The summed E-state index contributed by atoms with van der Waals surface area (Å²) >= 11 is 0. The van der Waals surface area contributed by atoms with Gasteiger partial charge in [-0.15, -0.1) is 0 Å². The van der Waals surface area contributed by atoms with Crippen molar-refractivity contribution in [2.75, 3.05) is 0 Å². The van der Waals surface area contributed by atoms with Crippen LogP contribution in [-0.2, 0) is 24.1 Å². The maximum absolute atomic E-state index is 11.0. The minimum Gasteiger partial charge on any atom is -0.480 e. The third-order valence-corrected chi connectivity index (χ3v) is 4.43. The molecule has 0 amide bonds. The third kappa shape index (κ3) is 2.81. The second-order valence-corrected chi connectivity index (χ2v) is 5.85. The maximum Gasteiger partial charge on any atom is 0.320 e. The Morgan fingerprint density at radius 2 is 2.05 bits per heavy atom. The van der Waals surface area contributed by atoms with E-state index in [-0.39, 0.29) is 6.04 Å². The average Bonchev–Trinajstić information content (AvgIpc) is 2.86. The molecule has 1 aromatic carbocycles. The van der Waals surface area contributed by atoms with Crippen molar-refractivity contribution < 1.29 is 9.90 Å². The lowest BCUT2D eigenvalue weighted by Gasteiger charge is -2.28. The quantitative estimate of drug-likeness (QED) is 0.875. The fourth-order valence-electron chi connectivity index (χ4n) is 3.41. The first-order valence-corrected chi connectivity index (χ1v) is 7.32. The summed E-state index contributed by atoms with van der Waals surface area (Å²) in [6, 6.07) is 6.77. The Balaban J connectivity index is 1.66. The van der Waals surface area contributed by atoms with Crippen LogP contribution < -0.4 is 5.32 Å². The summed E-state index contributed by atoms with van der Waals surface area (Å²) in [4.78, 5) is 11.0. The molecule has 2 atom stereocenters. The van der Waals surface area contributed by atoms with E-state index in [0.29, 0.717) is 6.04 Å². The van der Waals surface area contributed by atoms with Gasteiger partial charge in [0.05, 0.1) is 0 Å². The smallest absolute Gasteiger partial charge is 0.320 e. The lowest BCUT2D eigenvalue weighted by atomic mass is 9.93. The lowest BCUT2D eigenvalue weighted by molar-refractivity contribution is -0.140. The van der Waals surface area contributed by atoms with Crippen LogP contribution in [0.5, 0.6) is 0 Å². The number of carboxylic acid groups (broad SMARTS) is 1. The first kappa shape index (κ1) is 12.7. The summed E-state index contributed by atoms with van der Waals surface area (Å²) < 4.78 is 0. The Hall–Kier alpha value is -1.35. The van der Waals surface area contributed by atoms with Crippen LogP contribution in [0.3, 0.4) is 0 Å². The highest BCUT2D eigenvalue weighted by molar-refractivity contribution is 5.73. The van der Waals surface area contributed by atoms with Crippen LogP contribution in [0.1, 0.15) is 42.4 Å². The highest BCUT2D eigenvalue weighted by Gasteiger charge is 2.26. The summed E-state index contributed by atoms with van der Waals surface area (Å²) in [5.41, 5.74) is 4.36. The molecule has 2 N–H and O–H groups in total. The van der Waals surface area contributed by atoms with E-state index in [4.69, 9.17) is 5.11 Å². The molecule has 0 aromatic heterocycles. The van der Waals surface area contributed by atoms with E-state index in [1.165, 1.54) is 36.0 Å². The van der Waals surface area contributed by atoms with Gasteiger partial charge < -0.3 is 10.4 Å². The molecular weight excluding hydrogens is 238 g/mol. The Bertz CT molecular complexity index is 484. The average molecular weight is 259 g/mol. The largest absolute Gasteiger partial charge is 0.480 e. The van der Waals surface area contributed by atoms with E-state index in [1.807, 2.05) is 0 Å². The van der Waals surface area contributed by atoms with Gasteiger partial charge in [-0.3, -0.25) is 4.79 Å². The van der Waals surface area contributed by atoms with Crippen LogP contribution in [-0.4, -0.2) is 23.2 Å². The Kier molecular flexibility index (Phi) is 3.56. The van der Waals surface area contributed by atoms with Gasteiger partial charge in [0, 0.05) is 6.04 Å². The summed E-state index contributed by atoms with van der Waals surface area (Å²) in [5, 5.41) is 12.4. The molecule has 1 saturated heterocycles. The molecule has 1 aliphatic carbocycles. The number of aryl methyl sites for hydroxylation is 2. The van der Waals surface area contributed by atoms with Crippen molar-refractivity contribution in [3.63, 3.8) is 0 Å². The second kappa shape index (κ2) is 5.33. The molecule has 0 saturated carbocycles. The summed E-state index contributed by atoms with van der Waals surface area (Å²) in [5.74, 6) is -0.710. The predicted octanol–water partition coefficient (Wildman–Crippen LogP) is 2.31. The van der Waals surface area contributed by atoms with Gasteiger partial charge in [-0.1, -0.05) is 18.2 Å². The molecule has 0 radical (unpaired) electrons. The first-order valence-electron chi connectivity index (χ1n) is 7.32. The molecule has 1 aliphatic heterocycles. The summed E-state index contributed by atoms with van der Waals surface area (Å²) in [7, 11) is 0. The van der Waals surface area contributed by atoms with Crippen molar-refractivity contribution in [2.45, 2.75) is 57.0 Å². The van der Waals surface area contributed by atoms with Gasteiger partial charge in [0.2, 0.25) is 0 Å². The van der Waals surface area contributed by atoms with Crippen molar-refractivity contribution in [1.82, 2.24) is 5.32 Å². The van der Waals surface area contributed by atoms with Gasteiger partial charge in [-0.05, 0) is 61.6 Å². The van der Waals surface area contributed by atoms with Crippen molar-refractivity contribution in [3.8, 4) is 0 Å². The Morgan fingerprint density at radius 3 is 2.89 bits per heavy atom. The number of nitrogens with one attached hydrogen (secondary N) is 1. The first-order chi connectivity index (χ1) is 9.22. The standard InChI is InChI=1S/C16H21NO2/c18-16(19)15-6-2-5-14(17-15)10-11-7-8-12-3-1-4-13(12)9-11/h7-9,14-15,17H,1-6,10H2,(H,18,19). The SMILES string of the molecule is O=C(O)C1CCCC(Cc2ccc3c(c2)CCC3)N1. The van der Waals surface area contributed by atoms with E-state index in [0.717, 1.165) is 25.7 Å². The van der Waals surface area contributed by atoms with E-state index in [2.05, 4.69) is 23.5 Å². The van der Waals surface area contributed by atoms with E-state index >= 15 is 0 Å². The van der Waals surface area contributed by atoms with Gasteiger partial charge in [0.1, 0.15) is 6.04 Å². The van der Waals surface area contributed by atoms with Crippen LogP contribution >= 0.6 is 0 Å². The summed E-state index contributed by atoms with van der Waals surface area (Å²) in [6.07, 6.45) is 7.52. The lowest BCUT2D eigenvalue weighted by Crippen LogP contribution is -2.47. The van der Waals surface area contributed by atoms with Crippen LogP contribution in [0.15, 0.2) is 18.2 Å². The monoisotopic (exact) mass is 259 g/mol. The summed E-state index contributed by atoms with van der Waals surface area (Å²) in [6.45, 7) is 0. The molecular formula is C16H21NO2. The Morgan fingerprint density at radius 1 is 1.21 bits per heavy atom. The van der Waals surface area contributed by atoms with Gasteiger partial charge in [-0.25, -0.2) is 0 Å². The number of rotatable bonds is 3. The molecule has 3 rings (SSSR count). The number of hydrogen-bond acceptors (Lipinski definition) is 2. The van der Waals surface area contributed by atoms with Crippen molar-refractivity contribution in [3.05, 3.63) is 34.9 Å². The molecule has 1 heterocycles. The highest BCUT2D eigenvalue weighted by atomic mass is 16.4. The van der Waals surface area contributed by atoms with Gasteiger partial charge in [0.25, 0.3) is 0 Å². The number of carboxylic acids is 1. The number of fused-ring (bicyclic) bond motifs is 1. The molecule has 2 unspecified atom stereocenters. The molecule has 102 valence electrons. The molecule has 1 fully saturated rings. The minimum absolute atomic E-state index is 0.314. The van der Waals surface area contributed by atoms with Crippen LogP contribution in [0.25, 0.3) is 0 Å². The predicted molar refractivity (Wildman–Crippen MR) is 74.4 cm³/mol. The molecule has 2 aliphatic rings. The molecule has 1 aromatic rings. The van der Waals surface area contributed by atoms with Crippen LogP contribution in [0.4, 0.5) is 0 Å². The van der Waals surface area contributed by atoms with Crippen molar-refractivity contribution >= 4 is 5.97 Å². The fourth-order valence-corrected chi connectivity index (χ4v) is 3.41. The van der Waals surface area contributed by atoms with Crippen molar-refractivity contribution in [2.24, 2.45) is 0 Å². The number of carbonyl (C=O) groups is 1. The number of hydrogen-bond donors (Lipinski definition) is 2. The van der Waals surface area contributed by atoms with Gasteiger partial charge in [-0.2, -0.15) is 0 Å². The van der Waals surface area contributed by atoms with Crippen LogP contribution in [0, 0.1) is 0 Å². The molecule has 3 nitrogen and oxygen atoms in total. The topological polar surface area (TPSA) is 49.3 Å².